The van der Waals surface area contributed by atoms with Crippen LogP contribution in [0.4, 0.5) is 0 Å². The monoisotopic (exact) mass is 634 g/mol. The second-order valence-electron chi connectivity index (χ2n) is 13.2. The Balaban J connectivity index is 3.79. The maximum absolute atomic E-state index is 12.4. The molecule has 0 aromatic carbocycles. The van der Waals surface area contributed by atoms with Crippen LogP contribution in [-0.2, 0) is 4.79 Å². The molecule has 4 N–H and O–H groups in total. The van der Waals surface area contributed by atoms with Crippen molar-refractivity contribution in [2.45, 2.75) is 205 Å². The molecule has 0 aromatic rings. The molecular weight excluding hydrogens is 558 g/mol. The summed E-state index contributed by atoms with van der Waals surface area (Å²) in [6.07, 6.45) is 42.7. The average molecular weight is 634 g/mol. The fourth-order valence-corrected chi connectivity index (χ4v) is 5.64. The molecule has 0 heterocycles. The first-order chi connectivity index (χ1) is 22.0. The molecule has 5 heteroatoms. The van der Waals surface area contributed by atoms with E-state index in [2.05, 4.69) is 43.5 Å². The molecule has 0 bridgehead atoms. The number of nitrogens with one attached hydrogen (secondary N) is 1. The molecule has 0 rings (SSSR count). The van der Waals surface area contributed by atoms with Crippen molar-refractivity contribution in [2.75, 3.05) is 6.61 Å². The number of rotatable bonds is 34. The average Bonchev–Trinajstić information content (AvgIpc) is 3.03. The van der Waals surface area contributed by atoms with Crippen molar-refractivity contribution in [1.29, 1.82) is 0 Å². The van der Waals surface area contributed by atoms with E-state index in [0.29, 0.717) is 6.42 Å². The number of aliphatic hydroxyl groups excluding tert-OH is 3. The minimum absolute atomic E-state index is 0.0000856. The molecule has 3 atom stereocenters. The van der Waals surface area contributed by atoms with Gasteiger partial charge in [-0.05, 0) is 57.8 Å². The number of amides is 1. The predicted octanol–water partition coefficient (Wildman–Crippen LogP) is 10.4. The predicted molar refractivity (Wildman–Crippen MR) is 194 cm³/mol. The summed E-state index contributed by atoms with van der Waals surface area (Å²) in [7, 11) is 0. The van der Waals surface area contributed by atoms with Crippen LogP contribution in [0, 0.1) is 0 Å². The fourth-order valence-electron chi connectivity index (χ4n) is 5.64. The Labute approximate surface area is 279 Å². The molecule has 0 saturated heterocycles. The van der Waals surface area contributed by atoms with Crippen LogP contribution in [0.2, 0.25) is 0 Å². The highest BCUT2D eigenvalue weighted by Crippen LogP contribution is 2.13. The van der Waals surface area contributed by atoms with Crippen LogP contribution in [0.3, 0.4) is 0 Å². The Morgan fingerprint density at radius 1 is 0.556 bits per heavy atom. The highest BCUT2D eigenvalue weighted by Gasteiger charge is 2.20. The lowest BCUT2D eigenvalue weighted by atomic mass is 10.0. The van der Waals surface area contributed by atoms with Crippen LogP contribution >= 0.6 is 0 Å². The van der Waals surface area contributed by atoms with Gasteiger partial charge in [-0.1, -0.05) is 159 Å². The van der Waals surface area contributed by atoms with Gasteiger partial charge in [0.15, 0.2) is 0 Å². The van der Waals surface area contributed by atoms with Gasteiger partial charge < -0.3 is 20.6 Å². The normalized spacial score (nSPS) is 14.2. The number of carbonyl (C=O) groups excluding carboxylic acids is 1. The zero-order valence-corrected chi connectivity index (χ0v) is 29.7. The van der Waals surface area contributed by atoms with Crippen molar-refractivity contribution in [3.8, 4) is 0 Å². The summed E-state index contributed by atoms with van der Waals surface area (Å²) in [6, 6.07) is -0.761. The second-order valence-corrected chi connectivity index (χ2v) is 13.2. The summed E-state index contributed by atoms with van der Waals surface area (Å²) >= 11 is 0. The van der Waals surface area contributed by atoms with Gasteiger partial charge in [-0.3, -0.25) is 4.79 Å². The summed E-state index contributed by atoms with van der Waals surface area (Å²) in [6.45, 7) is 4.17. The van der Waals surface area contributed by atoms with Crippen LogP contribution in [-0.4, -0.2) is 46.1 Å². The number of hydrogen-bond acceptors (Lipinski definition) is 4. The molecule has 0 aliphatic rings. The van der Waals surface area contributed by atoms with Crippen LogP contribution < -0.4 is 5.32 Å². The summed E-state index contributed by atoms with van der Waals surface area (Å²) < 4.78 is 0. The second kappa shape index (κ2) is 35.4. The zero-order valence-electron chi connectivity index (χ0n) is 29.7. The van der Waals surface area contributed by atoms with Crippen molar-refractivity contribution < 1.29 is 20.1 Å². The molecule has 45 heavy (non-hydrogen) atoms. The van der Waals surface area contributed by atoms with Crippen molar-refractivity contribution in [1.82, 2.24) is 5.32 Å². The van der Waals surface area contributed by atoms with Gasteiger partial charge >= 0.3 is 0 Å². The Morgan fingerprint density at radius 2 is 0.956 bits per heavy atom. The molecule has 0 spiro atoms. The lowest BCUT2D eigenvalue weighted by molar-refractivity contribution is -0.124. The third-order valence-electron chi connectivity index (χ3n) is 8.65. The highest BCUT2D eigenvalue weighted by atomic mass is 16.3. The molecule has 0 aliphatic heterocycles. The van der Waals surface area contributed by atoms with E-state index in [1.165, 1.54) is 116 Å². The van der Waals surface area contributed by atoms with Gasteiger partial charge in [-0.2, -0.15) is 0 Å². The van der Waals surface area contributed by atoms with E-state index < -0.39 is 18.2 Å². The molecule has 264 valence electrons. The van der Waals surface area contributed by atoms with Gasteiger partial charge in [-0.15, -0.1) is 0 Å². The number of allylic oxidation sites excluding steroid dienone is 5. The Bertz CT molecular complexity index is 704. The molecule has 0 aliphatic carbocycles. The quantitative estimate of drug-likeness (QED) is 0.0419. The fraction of sp³-hybridized carbons (Fsp3) is 0.825. The van der Waals surface area contributed by atoms with Crippen LogP contribution in [0.25, 0.3) is 0 Å². The Morgan fingerprint density at radius 3 is 1.42 bits per heavy atom. The number of hydrogen-bond donors (Lipinski definition) is 4. The van der Waals surface area contributed by atoms with E-state index >= 15 is 0 Å². The number of carbonyl (C=O) groups is 1. The molecule has 0 aromatic heterocycles. The maximum atomic E-state index is 12.4. The summed E-state index contributed by atoms with van der Waals surface area (Å²) in [5, 5.41) is 33.0. The standard InChI is InChI=1S/C40H75NO4/c1-3-5-7-9-11-13-15-17-19-21-23-25-27-29-31-33-37(43)35-40(45)41-38(36-42)39(44)34-32-30-28-26-24-22-20-18-16-14-12-10-8-6-4-2/h17,19,24,26,32,34,37-39,42-44H,3-16,18,20-23,25,27-31,33,35-36H2,1-2H3,(H,41,45)/b19-17-,26-24+,34-32+. The number of unbranched alkanes of at least 4 members (excludes halogenated alkanes) is 21. The van der Waals surface area contributed by atoms with Gasteiger partial charge in [0.1, 0.15) is 0 Å². The molecule has 5 nitrogen and oxygen atoms in total. The van der Waals surface area contributed by atoms with Crippen molar-refractivity contribution >= 4 is 5.91 Å². The van der Waals surface area contributed by atoms with E-state index in [1.807, 2.05) is 6.08 Å². The Kier molecular flexibility index (Phi) is 34.3. The van der Waals surface area contributed by atoms with Crippen molar-refractivity contribution in [3.05, 3.63) is 36.5 Å². The van der Waals surface area contributed by atoms with Gasteiger partial charge in [-0.25, -0.2) is 0 Å². The lowest BCUT2D eigenvalue weighted by Crippen LogP contribution is -2.45. The largest absolute Gasteiger partial charge is 0.394 e. The maximum Gasteiger partial charge on any atom is 0.222 e. The minimum atomic E-state index is -0.951. The minimum Gasteiger partial charge on any atom is -0.394 e. The topological polar surface area (TPSA) is 89.8 Å². The number of aliphatic hydroxyl groups is 3. The van der Waals surface area contributed by atoms with E-state index in [9.17, 15) is 20.1 Å². The van der Waals surface area contributed by atoms with Gasteiger partial charge in [0.2, 0.25) is 5.91 Å². The highest BCUT2D eigenvalue weighted by molar-refractivity contribution is 5.76. The van der Waals surface area contributed by atoms with Crippen LogP contribution in [0.5, 0.6) is 0 Å². The zero-order chi connectivity index (χ0) is 33.1. The molecule has 0 fully saturated rings. The molecule has 3 unspecified atom stereocenters. The van der Waals surface area contributed by atoms with Gasteiger partial charge in [0, 0.05) is 0 Å². The SMILES string of the molecule is CCCCCCCC/C=C\CCCCCCCC(O)CC(=O)NC(CO)C(O)/C=C/CC/C=C/CCCCCCCCCCC. The smallest absolute Gasteiger partial charge is 0.222 e. The van der Waals surface area contributed by atoms with Gasteiger partial charge in [0.05, 0.1) is 31.3 Å². The third-order valence-corrected chi connectivity index (χ3v) is 8.65. The lowest BCUT2D eigenvalue weighted by Gasteiger charge is -2.20. The summed E-state index contributed by atoms with van der Waals surface area (Å²) in [4.78, 5) is 12.4. The summed E-state index contributed by atoms with van der Waals surface area (Å²) in [5.41, 5.74) is 0. The van der Waals surface area contributed by atoms with Crippen molar-refractivity contribution in [3.63, 3.8) is 0 Å². The first-order valence-corrected chi connectivity index (χ1v) is 19.3. The van der Waals surface area contributed by atoms with E-state index in [-0.39, 0.29) is 18.9 Å². The van der Waals surface area contributed by atoms with E-state index in [4.69, 9.17) is 0 Å². The van der Waals surface area contributed by atoms with Crippen LogP contribution in [0.15, 0.2) is 36.5 Å². The first kappa shape index (κ1) is 43.6. The molecule has 0 saturated carbocycles. The molecule has 0 radical (unpaired) electrons. The Hall–Kier alpha value is -1.43. The van der Waals surface area contributed by atoms with E-state index in [1.54, 1.807) is 6.08 Å². The van der Waals surface area contributed by atoms with Crippen LogP contribution in [0.1, 0.15) is 187 Å². The van der Waals surface area contributed by atoms with Gasteiger partial charge in [0.25, 0.3) is 0 Å². The van der Waals surface area contributed by atoms with E-state index in [0.717, 1.165) is 44.9 Å². The molecular formula is C40H75NO4. The molecule has 1 amide bonds. The first-order valence-electron chi connectivity index (χ1n) is 19.3. The third kappa shape index (κ3) is 32.3. The van der Waals surface area contributed by atoms with Crippen molar-refractivity contribution in [2.24, 2.45) is 0 Å². The summed E-state index contributed by atoms with van der Waals surface area (Å²) in [5.74, 6) is -0.332.